The van der Waals surface area contributed by atoms with Gasteiger partial charge in [-0.1, -0.05) is 31.5 Å². The van der Waals surface area contributed by atoms with Crippen molar-refractivity contribution in [2.24, 2.45) is 5.41 Å². The van der Waals surface area contributed by atoms with Gasteiger partial charge >= 0.3 is 0 Å². The highest BCUT2D eigenvalue weighted by atomic mass is 35.5. The van der Waals surface area contributed by atoms with E-state index >= 15 is 0 Å². The van der Waals surface area contributed by atoms with E-state index in [-0.39, 0.29) is 22.9 Å². The molecule has 0 bridgehead atoms. The third kappa shape index (κ3) is 2.98. The van der Waals surface area contributed by atoms with Gasteiger partial charge in [0.1, 0.15) is 5.76 Å². The minimum absolute atomic E-state index is 0.0421. The number of furan rings is 1. The molecule has 0 saturated heterocycles. The summed E-state index contributed by atoms with van der Waals surface area (Å²) in [6.45, 7) is 7.71. The van der Waals surface area contributed by atoms with E-state index in [1.807, 2.05) is 26.8 Å². The van der Waals surface area contributed by atoms with Crippen molar-refractivity contribution in [1.82, 2.24) is 0 Å². The molecule has 0 atom stereocenters. The van der Waals surface area contributed by atoms with Crippen molar-refractivity contribution in [2.45, 2.75) is 40.5 Å². The van der Waals surface area contributed by atoms with Gasteiger partial charge in [0.05, 0.1) is 5.56 Å². The van der Waals surface area contributed by atoms with Gasteiger partial charge in [0.15, 0.2) is 11.5 Å². The van der Waals surface area contributed by atoms with Crippen molar-refractivity contribution in [3.63, 3.8) is 0 Å². The van der Waals surface area contributed by atoms with Crippen LogP contribution in [-0.2, 0) is 6.42 Å². The largest absolute Gasteiger partial charge is 0.455 e. The molecule has 1 aliphatic rings. The fraction of sp³-hybridized carbons (Fsp3) is 0.368. The summed E-state index contributed by atoms with van der Waals surface area (Å²) in [5, 5.41) is 3.37. The molecule has 1 aromatic heterocycles. The SMILES string of the molecule is Cc1ccc(Cl)cc1NC(=O)c1oc2c(c1C)C(=O)CC(C)(C)C2. The van der Waals surface area contributed by atoms with E-state index in [9.17, 15) is 9.59 Å². The fourth-order valence-corrected chi connectivity index (χ4v) is 3.38. The molecule has 3 rings (SSSR count). The maximum atomic E-state index is 12.6. The predicted octanol–water partition coefficient (Wildman–Crippen LogP) is 4.96. The monoisotopic (exact) mass is 345 g/mol. The minimum Gasteiger partial charge on any atom is -0.455 e. The number of halogens is 1. The molecule has 0 unspecified atom stereocenters. The Bertz CT molecular complexity index is 849. The van der Waals surface area contributed by atoms with Gasteiger partial charge in [-0.25, -0.2) is 0 Å². The van der Waals surface area contributed by atoms with Gasteiger partial charge in [0.2, 0.25) is 0 Å². The van der Waals surface area contributed by atoms with Gasteiger partial charge in [-0.05, 0) is 37.0 Å². The number of benzene rings is 1. The summed E-state index contributed by atoms with van der Waals surface area (Å²) in [6.07, 6.45) is 1.12. The Morgan fingerprint density at radius 1 is 1.25 bits per heavy atom. The van der Waals surface area contributed by atoms with E-state index in [0.29, 0.717) is 40.4 Å². The first-order chi connectivity index (χ1) is 11.2. The number of nitrogens with one attached hydrogen (secondary N) is 1. The van der Waals surface area contributed by atoms with E-state index in [2.05, 4.69) is 5.32 Å². The zero-order valence-electron chi connectivity index (χ0n) is 14.2. The van der Waals surface area contributed by atoms with Crippen LogP contribution in [0.5, 0.6) is 0 Å². The van der Waals surface area contributed by atoms with Gasteiger partial charge in [-0.2, -0.15) is 0 Å². The molecular formula is C19H20ClNO3. The van der Waals surface area contributed by atoms with Crippen LogP contribution in [0.4, 0.5) is 5.69 Å². The van der Waals surface area contributed by atoms with E-state index in [1.54, 1.807) is 19.1 Å². The van der Waals surface area contributed by atoms with Crippen LogP contribution in [0.3, 0.4) is 0 Å². The van der Waals surface area contributed by atoms with Crippen LogP contribution >= 0.6 is 11.6 Å². The minimum atomic E-state index is -0.363. The van der Waals surface area contributed by atoms with Crippen molar-refractivity contribution in [3.8, 4) is 0 Å². The number of fused-ring (bicyclic) bond motifs is 1. The summed E-state index contributed by atoms with van der Waals surface area (Å²) in [5.41, 5.74) is 2.57. The molecule has 1 aliphatic carbocycles. The Hall–Kier alpha value is -2.07. The van der Waals surface area contributed by atoms with Crippen LogP contribution in [0.2, 0.25) is 5.02 Å². The van der Waals surface area contributed by atoms with E-state index < -0.39 is 0 Å². The number of anilines is 1. The highest BCUT2D eigenvalue weighted by Crippen LogP contribution is 2.38. The highest BCUT2D eigenvalue weighted by Gasteiger charge is 2.37. The zero-order valence-corrected chi connectivity index (χ0v) is 15.0. The lowest BCUT2D eigenvalue weighted by molar-refractivity contribution is 0.0898. The number of aryl methyl sites for hydroxylation is 1. The van der Waals surface area contributed by atoms with Crippen LogP contribution in [-0.4, -0.2) is 11.7 Å². The molecule has 0 fully saturated rings. The Morgan fingerprint density at radius 3 is 2.67 bits per heavy atom. The second kappa shape index (κ2) is 5.78. The van der Waals surface area contributed by atoms with Gasteiger partial charge in [-0.15, -0.1) is 0 Å². The number of carbonyl (C=O) groups excluding carboxylic acids is 2. The number of ketones is 1. The molecule has 126 valence electrons. The van der Waals surface area contributed by atoms with Gasteiger partial charge in [-0.3, -0.25) is 9.59 Å². The highest BCUT2D eigenvalue weighted by molar-refractivity contribution is 6.31. The van der Waals surface area contributed by atoms with Gasteiger partial charge in [0, 0.05) is 29.1 Å². The van der Waals surface area contributed by atoms with E-state index in [1.165, 1.54) is 0 Å². The van der Waals surface area contributed by atoms with E-state index in [4.69, 9.17) is 16.0 Å². The summed E-state index contributed by atoms with van der Waals surface area (Å²) in [7, 11) is 0. The first-order valence-electron chi connectivity index (χ1n) is 7.91. The lowest BCUT2D eigenvalue weighted by Crippen LogP contribution is -2.26. The lowest BCUT2D eigenvalue weighted by Gasteiger charge is -2.27. The van der Waals surface area contributed by atoms with Crippen LogP contribution in [0.1, 0.15) is 58.1 Å². The number of amides is 1. The molecule has 1 amide bonds. The molecule has 1 aromatic carbocycles. The average molecular weight is 346 g/mol. The first kappa shape index (κ1) is 16.8. The van der Waals surface area contributed by atoms with Crippen molar-refractivity contribution < 1.29 is 14.0 Å². The summed E-state index contributed by atoms with van der Waals surface area (Å²) >= 11 is 5.99. The Labute approximate surface area is 146 Å². The van der Waals surface area contributed by atoms with Crippen molar-refractivity contribution >= 4 is 29.0 Å². The van der Waals surface area contributed by atoms with Crippen molar-refractivity contribution in [2.75, 3.05) is 5.32 Å². The van der Waals surface area contributed by atoms with Crippen LogP contribution in [0.15, 0.2) is 22.6 Å². The van der Waals surface area contributed by atoms with Crippen LogP contribution < -0.4 is 5.32 Å². The standard InChI is InChI=1S/C19H20ClNO3/c1-10-5-6-12(20)7-13(10)21-18(23)17-11(2)16-14(22)8-19(3,4)9-15(16)24-17/h5-7H,8-9H2,1-4H3,(H,21,23). The number of hydrogen-bond donors (Lipinski definition) is 1. The Kier molecular flexibility index (Phi) is 4.04. The number of carbonyl (C=O) groups is 2. The normalized spacial score (nSPS) is 16.0. The molecule has 4 nitrogen and oxygen atoms in total. The molecule has 0 aliphatic heterocycles. The summed E-state index contributed by atoms with van der Waals surface area (Å²) in [5.74, 6) is 0.491. The fourth-order valence-electron chi connectivity index (χ4n) is 3.21. The quantitative estimate of drug-likeness (QED) is 0.837. The third-order valence-electron chi connectivity index (χ3n) is 4.43. The number of rotatable bonds is 2. The molecule has 24 heavy (non-hydrogen) atoms. The van der Waals surface area contributed by atoms with Crippen molar-refractivity contribution in [3.05, 3.63) is 51.4 Å². The maximum Gasteiger partial charge on any atom is 0.291 e. The lowest BCUT2D eigenvalue weighted by atomic mass is 9.76. The summed E-state index contributed by atoms with van der Waals surface area (Å²) in [6, 6.07) is 5.30. The van der Waals surface area contributed by atoms with Gasteiger partial charge < -0.3 is 9.73 Å². The molecule has 5 heteroatoms. The predicted molar refractivity (Wildman–Crippen MR) is 94.0 cm³/mol. The summed E-state index contributed by atoms with van der Waals surface area (Å²) in [4.78, 5) is 25.0. The summed E-state index contributed by atoms with van der Waals surface area (Å²) < 4.78 is 5.78. The molecule has 0 spiro atoms. The van der Waals surface area contributed by atoms with Gasteiger partial charge in [0.25, 0.3) is 5.91 Å². The molecule has 0 radical (unpaired) electrons. The number of Topliss-reactive ketones (excluding diaryl/α,β-unsaturated/α-hetero) is 1. The second-order valence-electron chi connectivity index (χ2n) is 7.21. The van der Waals surface area contributed by atoms with Crippen molar-refractivity contribution in [1.29, 1.82) is 0 Å². The van der Waals surface area contributed by atoms with Crippen LogP contribution in [0.25, 0.3) is 0 Å². The number of hydrogen-bond acceptors (Lipinski definition) is 3. The zero-order chi connectivity index (χ0) is 17.6. The third-order valence-corrected chi connectivity index (χ3v) is 4.67. The average Bonchev–Trinajstić information content (AvgIpc) is 2.78. The molecule has 1 heterocycles. The van der Waals surface area contributed by atoms with E-state index in [0.717, 1.165) is 5.56 Å². The first-order valence-corrected chi connectivity index (χ1v) is 8.29. The smallest absolute Gasteiger partial charge is 0.291 e. The Morgan fingerprint density at radius 2 is 1.96 bits per heavy atom. The van der Waals surface area contributed by atoms with Crippen LogP contribution in [0, 0.1) is 19.3 Å². The topological polar surface area (TPSA) is 59.3 Å². The molecule has 2 aromatic rings. The Balaban J connectivity index is 1.95. The molecule has 0 saturated carbocycles. The molecular weight excluding hydrogens is 326 g/mol. The maximum absolute atomic E-state index is 12.6. The molecule has 1 N–H and O–H groups in total. The second-order valence-corrected chi connectivity index (χ2v) is 7.65.